The monoisotopic (exact) mass is 357 g/mol. The Morgan fingerprint density at radius 1 is 1.23 bits per heavy atom. The summed E-state index contributed by atoms with van der Waals surface area (Å²) in [7, 11) is 0. The van der Waals surface area contributed by atoms with Crippen molar-refractivity contribution in [1.29, 1.82) is 0 Å². The van der Waals surface area contributed by atoms with Crippen molar-refractivity contribution in [3.05, 3.63) is 29.8 Å². The van der Waals surface area contributed by atoms with Gasteiger partial charge in [-0.1, -0.05) is 24.6 Å². The van der Waals surface area contributed by atoms with Gasteiger partial charge in [0.15, 0.2) is 0 Å². The molecule has 1 aromatic rings. The van der Waals surface area contributed by atoms with E-state index >= 15 is 0 Å². The van der Waals surface area contributed by atoms with Crippen LogP contribution in [0.15, 0.2) is 24.3 Å². The van der Waals surface area contributed by atoms with Crippen LogP contribution in [0.2, 0.25) is 0 Å². The summed E-state index contributed by atoms with van der Waals surface area (Å²) < 4.78 is 0. The number of likely N-dealkylation sites (tertiary alicyclic amines) is 1. The van der Waals surface area contributed by atoms with Gasteiger partial charge in [-0.3, -0.25) is 19.4 Å². The summed E-state index contributed by atoms with van der Waals surface area (Å²) >= 11 is 0. The Bertz CT molecular complexity index is 646. The third kappa shape index (κ3) is 4.26. The van der Waals surface area contributed by atoms with Crippen molar-refractivity contribution >= 4 is 17.5 Å². The summed E-state index contributed by atoms with van der Waals surface area (Å²) in [5.41, 5.74) is 2.04. The van der Waals surface area contributed by atoms with E-state index in [0.717, 1.165) is 37.2 Å². The summed E-state index contributed by atoms with van der Waals surface area (Å²) in [5.74, 6) is -0.0260. The first kappa shape index (κ1) is 18.9. The Morgan fingerprint density at radius 2 is 2.04 bits per heavy atom. The lowest BCUT2D eigenvalue weighted by molar-refractivity contribution is -0.126. The zero-order chi connectivity index (χ0) is 18.5. The van der Waals surface area contributed by atoms with Gasteiger partial charge in [-0.05, 0) is 57.7 Å². The van der Waals surface area contributed by atoms with Gasteiger partial charge in [0.1, 0.15) is 6.04 Å². The van der Waals surface area contributed by atoms with Crippen LogP contribution < -0.4 is 10.2 Å². The van der Waals surface area contributed by atoms with Gasteiger partial charge in [-0.25, -0.2) is 0 Å². The zero-order valence-electron chi connectivity index (χ0n) is 16.0. The summed E-state index contributed by atoms with van der Waals surface area (Å²) in [6.45, 7) is 6.72. The van der Waals surface area contributed by atoms with Crippen LogP contribution in [0.3, 0.4) is 0 Å². The molecule has 0 spiro atoms. The quantitative estimate of drug-likeness (QED) is 0.882. The number of rotatable bonds is 5. The molecule has 2 aliphatic heterocycles. The van der Waals surface area contributed by atoms with Crippen molar-refractivity contribution in [1.82, 2.24) is 10.2 Å². The van der Waals surface area contributed by atoms with Crippen LogP contribution in [-0.4, -0.2) is 48.4 Å². The maximum absolute atomic E-state index is 12.7. The van der Waals surface area contributed by atoms with E-state index in [1.165, 1.54) is 19.3 Å². The molecular formula is C21H31N3O2. The van der Waals surface area contributed by atoms with E-state index in [1.807, 2.05) is 25.1 Å². The third-order valence-electron chi connectivity index (χ3n) is 5.76. The second-order valence-electron chi connectivity index (χ2n) is 7.59. The predicted molar refractivity (Wildman–Crippen MR) is 104 cm³/mol. The molecule has 0 radical (unpaired) electrons. The molecule has 142 valence electrons. The number of para-hydroxylation sites is 1. The Morgan fingerprint density at radius 3 is 2.85 bits per heavy atom. The van der Waals surface area contributed by atoms with Crippen molar-refractivity contribution in [2.45, 2.75) is 64.5 Å². The number of hydrogen-bond acceptors (Lipinski definition) is 3. The number of aryl methyl sites for hydroxylation is 1. The van der Waals surface area contributed by atoms with Gasteiger partial charge in [-0.15, -0.1) is 0 Å². The fourth-order valence-corrected chi connectivity index (χ4v) is 4.14. The molecule has 0 aromatic heterocycles. The van der Waals surface area contributed by atoms with Crippen LogP contribution in [0.25, 0.3) is 0 Å². The molecule has 0 aliphatic carbocycles. The largest absolute Gasteiger partial charge is 0.353 e. The van der Waals surface area contributed by atoms with Gasteiger partial charge in [0, 0.05) is 31.2 Å². The van der Waals surface area contributed by atoms with E-state index in [2.05, 4.69) is 23.2 Å². The van der Waals surface area contributed by atoms with E-state index in [4.69, 9.17) is 0 Å². The highest BCUT2D eigenvalue weighted by atomic mass is 16.2. The highest BCUT2D eigenvalue weighted by Gasteiger charge is 2.30. The first-order chi connectivity index (χ1) is 12.6. The van der Waals surface area contributed by atoms with Crippen molar-refractivity contribution < 1.29 is 9.59 Å². The number of nitrogens with one attached hydrogen (secondary N) is 1. The van der Waals surface area contributed by atoms with Crippen LogP contribution >= 0.6 is 0 Å². The van der Waals surface area contributed by atoms with E-state index in [0.29, 0.717) is 19.0 Å². The normalized spacial score (nSPS) is 22.5. The number of piperidine rings is 1. The standard InChI is InChI=1S/C21H31N3O2/c1-16-8-5-6-14-23(16)15-13-22-21(26)17(2)24-19-11-4-3-9-18(19)10-7-12-20(24)25/h3-4,9,11,16-17H,5-8,10,12-15H2,1-2H3,(H,22,26)/t16-,17-/m1/s1. The van der Waals surface area contributed by atoms with Gasteiger partial charge in [-0.2, -0.15) is 0 Å². The molecule has 0 bridgehead atoms. The lowest BCUT2D eigenvalue weighted by Gasteiger charge is -2.33. The number of hydrogen-bond donors (Lipinski definition) is 1. The Hall–Kier alpha value is -1.88. The summed E-state index contributed by atoms with van der Waals surface area (Å²) in [6.07, 6.45) is 6.01. The molecule has 1 N–H and O–H groups in total. The van der Waals surface area contributed by atoms with Gasteiger partial charge >= 0.3 is 0 Å². The smallest absolute Gasteiger partial charge is 0.242 e. The van der Waals surface area contributed by atoms with E-state index in [1.54, 1.807) is 4.90 Å². The molecule has 2 heterocycles. The number of benzene rings is 1. The molecule has 26 heavy (non-hydrogen) atoms. The molecule has 1 aromatic carbocycles. The number of nitrogens with zero attached hydrogens (tertiary/aromatic N) is 2. The second kappa shape index (κ2) is 8.67. The average Bonchev–Trinajstić information content (AvgIpc) is 2.80. The minimum absolute atomic E-state index is 0.0438. The molecule has 2 atom stereocenters. The maximum Gasteiger partial charge on any atom is 0.242 e. The molecule has 0 saturated carbocycles. The first-order valence-electron chi connectivity index (χ1n) is 9.99. The molecule has 0 unspecified atom stereocenters. The maximum atomic E-state index is 12.7. The highest BCUT2D eigenvalue weighted by Crippen LogP contribution is 2.28. The molecular weight excluding hydrogens is 326 g/mol. The fourth-order valence-electron chi connectivity index (χ4n) is 4.14. The number of fused-ring (bicyclic) bond motifs is 1. The van der Waals surface area contributed by atoms with E-state index in [9.17, 15) is 9.59 Å². The first-order valence-corrected chi connectivity index (χ1v) is 9.99. The van der Waals surface area contributed by atoms with Gasteiger partial charge in [0.25, 0.3) is 0 Å². The number of amides is 2. The Labute approximate surface area is 156 Å². The van der Waals surface area contributed by atoms with Gasteiger partial charge in [0.05, 0.1) is 0 Å². The predicted octanol–water partition coefficient (Wildman–Crippen LogP) is 2.74. The molecule has 3 rings (SSSR count). The second-order valence-corrected chi connectivity index (χ2v) is 7.59. The lowest BCUT2D eigenvalue weighted by Crippen LogP contribution is -2.50. The minimum Gasteiger partial charge on any atom is -0.353 e. The molecule has 1 saturated heterocycles. The number of carbonyl (C=O) groups is 2. The van der Waals surface area contributed by atoms with Gasteiger partial charge < -0.3 is 5.32 Å². The van der Waals surface area contributed by atoms with Crippen LogP contribution in [-0.2, 0) is 16.0 Å². The molecule has 2 amide bonds. The SMILES string of the molecule is C[C@@H]1CCCCN1CCNC(=O)[C@@H](C)N1C(=O)CCCc2ccccc21. The number of anilines is 1. The molecule has 2 aliphatic rings. The van der Waals surface area contributed by atoms with Crippen LogP contribution in [0.4, 0.5) is 5.69 Å². The molecule has 5 nitrogen and oxygen atoms in total. The zero-order valence-corrected chi connectivity index (χ0v) is 16.0. The average molecular weight is 357 g/mol. The Balaban J connectivity index is 1.61. The van der Waals surface area contributed by atoms with Crippen LogP contribution in [0, 0.1) is 0 Å². The van der Waals surface area contributed by atoms with E-state index < -0.39 is 6.04 Å². The lowest BCUT2D eigenvalue weighted by atomic mass is 10.0. The highest BCUT2D eigenvalue weighted by molar-refractivity contribution is 6.01. The summed E-state index contributed by atoms with van der Waals surface area (Å²) in [4.78, 5) is 29.5. The minimum atomic E-state index is -0.486. The van der Waals surface area contributed by atoms with Crippen LogP contribution in [0.1, 0.15) is 51.5 Å². The summed E-state index contributed by atoms with van der Waals surface area (Å²) in [5, 5.41) is 3.04. The Kier molecular flexibility index (Phi) is 6.30. The third-order valence-corrected chi connectivity index (χ3v) is 5.76. The van der Waals surface area contributed by atoms with Crippen molar-refractivity contribution in [2.75, 3.05) is 24.5 Å². The molecule has 5 heteroatoms. The molecule has 1 fully saturated rings. The van der Waals surface area contributed by atoms with E-state index in [-0.39, 0.29) is 11.8 Å². The van der Waals surface area contributed by atoms with Crippen molar-refractivity contribution in [3.63, 3.8) is 0 Å². The number of carbonyl (C=O) groups excluding carboxylic acids is 2. The van der Waals surface area contributed by atoms with Crippen LogP contribution in [0.5, 0.6) is 0 Å². The topological polar surface area (TPSA) is 52.7 Å². The van der Waals surface area contributed by atoms with Crippen molar-refractivity contribution in [2.24, 2.45) is 0 Å². The summed E-state index contributed by atoms with van der Waals surface area (Å²) in [6, 6.07) is 8.06. The van der Waals surface area contributed by atoms with Crippen molar-refractivity contribution in [3.8, 4) is 0 Å². The fraction of sp³-hybridized carbons (Fsp3) is 0.619. The van der Waals surface area contributed by atoms with Gasteiger partial charge in [0.2, 0.25) is 11.8 Å².